The molecule has 1 atom stereocenters. The SMILES string of the molecule is CCOC(=O)C(C(=O)CSc1cccc(C)c1)C(C)C. The summed E-state index contributed by atoms with van der Waals surface area (Å²) >= 11 is 1.47. The van der Waals surface area contributed by atoms with Crippen LogP contribution < -0.4 is 0 Å². The molecule has 1 aromatic rings. The molecule has 0 N–H and O–H groups in total. The maximum atomic E-state index is 12.2. The number of ketones is 1. The molecule has 4 heteroatoms. The molecule has 0 amide bonds. The predicted octanol–water partition coefficient (Wildman–Crippen LogP) is 3.49. The summed E-state index contributed by atoms with van der Waals surface area (Å²) in [5.74, 6) is -0.875. The van der Waals surface area contributed by atoms with Crippen LogP contribution in [-0.4, -0.2) is 24.1 Å². The third-order valence-electron chi connectivity index (χ3n) is 2.92. The van der Waals surface area contributed by atoms with Gasteiger partial charge in [0.15, 0.2) is 5.78 Å². The van der Waals surface area contributed by atoms with E-state index in [9.17, 15) is 9.59 Å². The summed E-state index contributed by atoms with van der Waals surface area (Å²) in [5, 5.41) is 0. The van der Waals surface area contributed by atoms with Gasteiger partial charge in [0, 0.05) is 4.90 Å². The van der Waals surface area contributed by atoms with Crippen molar-refractivity contribution in [3.8, 4) is 0 Å². The highest BCUT2D eigenvalue weighted by Crippen LogP contribution is 2.23. The van der Waals surface area contributed by atoms with Gasteiger partial charge in [-0.3, -0.25) is 9.59 Å². The van der Waals surface area contributed by atoms with Gasteiger partial charge in [-0.25, -0.2) is 0 Å². The van der Waals surface area contributed by atoms with Gasteiger partial charge < -0.3 is 4.74 Å². The van der Waals surface area contributed by atoms with Crippen molar-refractivity contribution in [2.24, 2.45) is 11.8 Å². The molecule has 0 aliphatic rings. The number of carbonyl (C=O) groups is 2. The fourth-order valence-corrected chi connectivity index (χ4v) is 2.89. The molecule has 1 rings (SSSR count). The van der Waals surface area contributed by atoms with E-state index in [0.29, 0.717) is 12.4 Å². The second-order valence-electron chi connectivity index (χ2n) is 5.05. The zero-order chi connectivity index (χ0) is 15.1. The summed E-state index contributed by atoms with van der Waals surface area (Å²) in [7, 11) is 0. The lowest BCUT2D eigenvalue weighted by Crippen LogP contribution is -2.31. The van der Waals surface area contributed by atoms with E-state index in [1.54, 1.807) is 6.92 Å². The lowest BCUT2D eigenvalue weighted by molar-refractivity contribution is -0.152. The van der Waals surface area contributed by atoms with Crippen LogP contribution in [0.15, 0.2) is 29.2 Å². The Kier molecular flexibility index (Phi) is 6.79. The summed E-state index contributed by atoms with van der Waals surface area (Å²) < 4.78 is 4.99. The number of ether oxygens (including phenoxy) is 1. The van der Waals surface area contributed by atoms with Crippen molar-refractivity contribution in [3.05, 3.63) is 29.8 Å². The molecule has 3 nitrogen and oxygen atoms in total. The molecule has 0 aliphatic carbocycles. The molecule has 1 aromatic carbocycles. The van der Waals surface area contributed by atoms with Gasteiger partial charge in [-0.2, -0.15) is 0 Å². The summed E-state index contributed by atoms with van der Waals surface area (Å²) in [6.07, 6.45) is 0. The Bertz CT molecular complexity index is 469. The number of benzene rings is 1. The second-order valence-corrected chi connectivity index (χ2v) is 6.09. The molecule has 0 saturated heterocycles. The van der Waals surface area contributed by atoms with Crippen LogP contribution in [0, 0.1) is 18.8 Å². The molecule has 0 radical (unpaired) electrons. The van der Waals surface area contributed by atoms with Gasteiger partial charge >= 0.3 is 5.97 Å². The second kappa shape index (κ2) is 8.10. The molecule has 1 unspecified atom stereocenters. The first-order valence-electron chi connectivity index (χ1n) is 6.84. The fourth-order valence-electron chi connectivity index (χ4n) is 1.96. The number of hydrogen-bond donors (Lipinski definition) is 0. The van der Waals surface area contributed by atoms with Crippen molar-refractivity contribution in [1.29, 1.82) is 0 Å². The Balaban J connectivity index is 2.65. The van der Waals surface area contributed by atoms with Crippen molar-refractivity contribution < 1.29 is 14.3 Å². The number of aryl methyl sites for hydroxylation is 1. The summed E-state index contributed by atoms with van der Waals surface area (Å²) in [6, 6.07) is 7.99. The van der Waals surface area contributed by atoms with Gasteiger partial charge in [-0.15, -0.1) is 11.8 Å². The van der Waals surface area contributed by atoms with E-state index in [4.69, 9.17) is 4.74 Å². The van der Waals surface area contributed by atoms with E-state index in [1.165, 1.54) is 11.8 Å². The van der Waals surface area contributed by atoms with Gasteiger partial charge in [-0.05, 0) is 31.9 Å². The van der Waals surface area contributed by atoms with E-state index in [2.05, 4.69) is 0 Å². The van der Waals surface area contributed by atoms with E-state index in [0.717, 1.165) is 10.5 Å². The molecule has 0 aromatic heterocycles. The molecule has 20 heavy (non-hydrogen) atoms. The molecular formula is C16H22O3S. The maximum Gasteiger partial charge on any atom is 0.316 e. The van der Waals surface area contributed by atoms with Crippen LogP contribution in [0.1, 0.15) is 26.3 Å². The van der Waals surface area contributed by atoms with E-state index >= 15 is 0 Å². The largest absolute Gasteiger partial charge is 0.465 e. The fraction of sp³-hybridized carbons (Fsp3) is 0.500. The monoisotopic (exact) mass is 294 g/mol. The molecular weight excluding hydrogens is 272 g/mol. The number of thioether (sulfide) groups is 1. The van der Waals surface area contributed by atoms with E-state index in [1.807, 2.05) is 45.0 Å². The standard InChI is InChI=1S/C16H22O3S/c1-5-19-16(18)15(11(2)3)14(17)10-20-13-8-6-7-12(4)9-13/h6-9,11,15H,5,10H2,1-4H3. The van der Waals surface area contributed by atoms with Gasteiger partial charge in [0.1, 0.15) is 5.92 Å². The van der Waals surface area contributed by atoms with Crippen molar-refractivity contribution >= 4 is 23.5 Å². The van der Waals surface area contributed by atoms with Gasteiger partial charge in [0.2, 0.25) is 0 Å². The quantitative estimate of drug-likeness (QED) is 0.438. The summed E-state index contributed by atoms with van der Waals surface area (Å²) in [5.41, 5.74) is 1.16. The number of carbonyl (C=O) groups excluding carboxylic acids is 2. The average molecular weight is 294 g/mol. The Morgan fingerprint density at radius 3 is 2.55 bits per heavy atom. The number of hydrogen-bond acceptors (Lipinski definition) is 4. The Morgan fingerprint density at radius 2 is 2.00 bits per heavy atom. The minimum atomic E-state index is -0.660. The Morgan fingerprint density at radius 1 is 1.30 bits per heavy atom. The van der Waals surface area contributed by atoms with Crippen molar-refractivity contribution in [3.63, 3.8) is 0 Å². The van der Waals surface area contributed by atoms with Crippen LogP contribution in [-0.2, 0) is 14.3 Å². The number of esters is 1. The minimum Gasteiger partial charge on any atom is -0.465 e. The van der Waals surface area contributed by atoms with Crippen LogP contribution in [0.4, 0.5) is 0 Å². The smallest absolute Gasteiger partial charge is 0.316 e. The molecule has 0 saturated carbocycles. The molecule has 0 bridgehead atoms. The van der Waals surface area contributed by atoms with Crippen molar-refractivity contribution in [2.45, 2.75) is 32.6 Å². The van der Waals surface area contributed by atoms with E-state index in [-0.39, 0.29) is 11.7 Å². The molecule has 0 aliphatic heterocycles. The van der Waals surface area contributed by atoms with Crippen LogP contribution in [0.25, 0.3) is 0 Å². The van der Waals surface area contributed by atoms with Crippen LogP contribution in [0.3, 0.4) is 0 Å². The highest BCUT2D eigenvalue weighted by Gasteiger charge is 2.30. The lowest BCUT2D eigenvalue weighted by Gasteiger charge is -2.17. The lowest BCUT2D eigenvalue weighted by atomic mass is 9.92. The van der Waals surface area contributed by atoms with Crippen LogP contribution in [0.2, 0.25) is 0 Å². The third-order valence-corrected chi connectivity index (χ3v) is 3.94. The zero-order valence-corrected chi connectivity index (χ0v) is 13.3. The maximum absolute atomic E-state index is 12.2. The average Bonchev–Trinajstić information content (AvgIpc) is 2.36. The summed E-state index contributed by atoms with van der Waals surface area (Å²) in [6.45, 7) is 7.82. The normalized spacial score (nSPS) is 12.2. The van der Waals surface area contributed by atoms with Gasteiger partial charge in [-0.1, -0.05) is 31.5 Å². The molecule has 0 fully saturated rings. The van der Waals surface area contributed by atoms with Crippen molar-refractivity contribution in [1.82, 2.24) is 0 Å². The first-order chi connectivity index (χ1) is 9.45. The third kappa shape index (κ3) is 5.00. The Labute approximate surface area is 125 Å². The molecule has 0 spiro atoms. The van der Waals surface area contributed by atoms with Crippen molar-refractivity contribution in [2.75, 3.05) is 12.4 Å². The minimum absolute atomic E-state index is 0.0420. The van der Waals surface area contributed by atoms with E-state index < -0.39 is 11.9 Å². The zero-order valence-electron chi connectivity index (χ0n) is 12.5. The predicted molar refractivity (Wildman–Crippen MR) is 81.9 cm³/mol. The molecule has 0 heterocycles. The highest BCUT2D eigenvalue weighted by atomic mass is 32.2. The highest BCUT2D eigenvalue weighted by molar-refractivity contribution is 8.00. The Hall–Kier alpha value is -1.29. The number of Topliss-reactive ketones (excluding diaryl/α,β-unsaturated/α-hetero) is 1. The van der Waals surface area contributed by atoms with Crippen LogP contribution in [0.5, 0.6) is 0 Å². The van der Waals surface area contributed by atoms with Gasteiger partial charge in [0.25, 0.3) is 0 Å². The first-order valence-corrected chi connectivity index (χ1v) is 7.83. The van der Waals surface area contributed by atoms with Gasteiger partial charge in [0.05, 0.1) is 12.4 Å². The number of rotatable bonds is 7. The first kappa shape index (κ1) is 16.8. The topological polar surface area (TPSA) is 43.4 Å². The summed E-state index contributed by atoms with van der Waals surface area (Å²) in [4.78, 5) is 25.1. The molecule has 110 valence electrons. The van der Waals surface area contributed by atoms with Crippen LogP contribution >= 0.6 is 11.8 Å².